The highest BCUT2D eigenvalue weighted by Crippen LogP contribution is 2.35. The number of hydrogen-bond donors (Lipinski definition) is 3. The molecule has 1 fully saturated rings. The monoisotopic (exact) mass is 533 g/mol. The van der Waals surface area contributed by atoms with E-state index in [9.17, 15) is 8.78 Å². The number of nitrogens with zero attached hydrogens (tertiary/aromatic N) is 4. The second kappa shape index (κ2) is 9.30. The predicted molar refractivity (Wildman–Crippen MR) is 156 cm³/mol. The van der Waals surface area contributed by atoms with E-state index < -0.39 is 5.92 Å². The van der Waals surface area contributed by atoms with Gasteiger partial charge in [-0.25, -0.2) is 13.8 Å². The van der Waals surface area contributed by atoms with E-state index in [0.717, 1.165) is 67.5 Å². The van der Waals surface area contributed by atoms with Gasteiger partial charge in [-0.2, -0.15) is 0 Å². The van der Waals surface area contributed by atoms with E-state index in [1.807, 2.05) is 85.8 Å². The van der Waals surface area contributed by atoms with Crippen molar-refractivity contribution in [1.29, 1.82) is 0 Å². The third-order valence-corrected chi connectivity index (χ3v) is 7.04. The minimum atomic E-state index is -2.62. The lowest BCUT2D eigenvalue weighted by molar-refractivity contribution is -0.0262. The van der Waals surface area contributed by atoms with Crippen molar-refractivity contribution in [2.75, 3.05) is 28.6 Å². The minimum absolute atomic E-state index is 0.257. The number of pyridine rings is 2. The van der Waals surface area contributed by atoms with Crippen molar-refractivity contribution in [3.63, 3.8) is 0 Å². The molecule has 0 radical (unpaired) electrons. The molecule has 7 rings (SSSR count). The van der Waals surface area contributed by atoms with Gasteiger partial charge < -0.3 is 20.5 Å². The molecule has 3 aromatic carbocycles. The van der Waals surface area contributed by atoms with Crippen LogP contribution in [0.2, 0.25) is 0 Å². The summed E-state index contributed by atoms with van der Waals surface area (Å²) in [5.74, 6) is -1.84. The molecule has 3 aromatic heterocycles. The highest BCUT2D eigenvalue weighted by atomic mass is 19.3. The molecule has 0 unspecified atom stereocenters. The van der Waals surface area contributed by atoms with E-state index in [1.54, 1.807) is 17.3 Å². The number of anilines is 5. The van der Waals surface area contributed by atoms with Crippen molar-refractivity contribution in [2.24, 2.45) is 0 Å². The summed E-state index contributed by atoms with van der Waals surface area (Å²) in [6, 6.07) is 25.5. The number of aryl methyl sites for hydroxylation is 1. The number of nitrogens with one attached hydrogen (secondary N) is 3. The lowest BCUT2D eigenvalue weighted by Gasteiger charge is -2.40. The molecule has 0 spiro atoms. The maximum absolute atomic E-state index is 13.4. The second-order valence-electron chi connectivity index (χ2n) is 10.1. The molecule has 0 amide bonds. The Morgan fingerprint density at radius 1 is 0.775 bits per heavy atom. The van der Waals surface area contributed by atoms with Crippen LogP contribution in [0.1, 0.15) is 5.69 Å². The van der Waals surface area contributed by atoms with E-state index in [4.69, 9.17) is 4.98 Å². The first-order valence-corrected chi connectivity index (χ1v) is 13.0. The number of aromatic amines is 1. The van der Waals surface area contributed by atoms with Crippen LogP contribution in [0.4, 0.5) is 37.2 Å². The van der Waals surface area contributed by atoms with Crippen molar-refractivity contribution < 1.29 is 8.78 Å². The van der Waals surface area contributed by atoms with Crippen molar-refractivity contribution in [2.45, 2.75) is 12.8 Å². The lowest BCUT2D eigenvalue weighted by atomic mass is 10.1. The fourth-order valence-electron chi connectivity index (χ4n) is 5.02. The van der Waals surface area contributed by atoms with Gasteiger partial charge in [-0.3, -0.25) is 9.97 Å². The second-order valence-corrected chi connectivity index (χ2v) is 10.1. The first-order valence-electron chi connectivity index (χ1n) is 13.0. The van der Waals surface area contributed by atoms with Crippen LogP contribution in [0, 0.1) is 6.92 Å². The van der Waals surface area contributed by atoms with Crippen molar-refractivity contribution in [3.8, 4) is 11.4 Å². The molecule has 1 saturated heterocycles. The topological polar surface area (TPSA) is 81.8 Å². The highest BCUT2D eigenvalue weighted by molar-refractivity contribution is 5.95. The molecule has 3 N–H and O–H groups in total. The van der Waals surface area contributed by atoms with Crippen LogP contribution in [0.25, 0.3) is 33.3 Å². The molecule has 1 aliphatic rings. The minimum Gasteiger partial charge on any atom is -0.359 e. The molecule has 6 aromatic rings. The Labute approximate surface area is 228 Å². The van der Waals surface area contributed by atoms with Crippen molar-refractivity contribution in [3.05, 3.63) is 97.0 Å². The molecule has 4 heterocycles. The zero-order valence-electron chi connectivity index (χ0n) is 21.6. The number of alkyl halides is 2. The van der Waals surface area contributed by atoms with E-state index in [-0.39, 0.29) is 13.1 Å². The van der Waals surface area contributed by atoms with Gasteiger partial charge in [-0.1, -0.05) is 0 Å². The highest BCUT2D eigenvalue weighted by Gasteiger charge is 2.43. The number of benzene rings is 3. The Bertz CT molecular complexity index is 1860. The summed E-state index contributed by atoms with van der Waals surface area (Å²) in [4.78, 5) is 18.6. The third-order valence-electron chi connectivity index (χ3n) is 7.04. The average molecular weight is 534 g/mol. The van der Waals surface area contributed by atoms with Crippen LogP contribution in [0.3, 0.4) is 0 Å². The molecule has 0 saturated carbocycles. The van der Waals surface area contributed by atoms with Crippen molar-refractivity contribution in [1.82, 2.24) is 19.9 Å². The average Bonchev–Trinajstić information content (AvgIpc) is 3.36. The van der Waals surface area contributed by atoms with Gasteiger partial charge in [0.15, 0.2) is 0 Å². The van der Waals surface area contributed by atoms with Gasteiger partial charge in [0, 0.05) is 57.5 Å². The summed E-state index contributed by atoms with van der Waals surface area (Å²) in [5.41, 5.74) is 9.00. The fourth-order valence-corrected chi connectivity index (χ4v) is 5.02. The molecule has 0 bridgehead atoms. The van der Waals surface area contributed by atoms with E-state index >= 15 is 0 Å². The van der Waals surface area contributed by atoms with Gasteiger partial charge in [0.05, 0.1) is 29.6 Å². The summed E-state index contributed by atoms with van der Waals surface area (Å²) in [5, 5.41) is 7.75. The van der Waals surface area contributed by atoms with Crippen LogP contribution >= 0.6 is 0 Å². The Morgan fingerprint density at radius 3 is 2.33 bits per heavy atom. The van der Waals surface area contributed by atoms with Gasteiger partial charge in [-0.15, -0.1) is 0 Å². The van der Waals surface area contributed by atoms with Gasteiger partial charge in [-0.05, 0) is 85.8 Å². The molecule has 7 nitrogen and oxygen atoms in total. The van der Waals surface area contributed by atoms with Crippen LogP contribution in [-0.2, 0) is 0 Å². The van der Waals surface area contributed by atoms with E-state index in [1.165, 1.54) is 0 Å². The molecule has 9 heteroatoms. The van der Waals surface area contributed by atoms with Gasteiger partial charge in [0.1, 0.15) is 5.82 Å². The number of rotatable bonds is 6. The Hall–Kier alpha value is -5.05. The SMILES string of the molecule is Cc1cc(Nc2ccc3nc(-c4ccc(Nc5ccnc6ccc(N7CC(F)(F)C7)cc56)cc4)[nH]c3c2)ccn1. The number of fused-ring (bicyclic) bond motifs is 2. The number of H-pyrrole nitrogens is 1. The first kappa shape index (κ1) is 24.0. The number of halogens is 2. The van der Waals surface area contributed by atoms with Crippen LogP contribution < -0.4 is 15.5 Å². The third kappa shape index (κ3) is 4.66. The molecular formula is C31H25F2N7. The molecule has 40 heavy (non-hydrogen) atoms. The fraction of sp³-hybridized carbons (Fsp3) is 0.129. The largest absolute Gasteiger partial charge is 0.359 e. The molecule has 198 valence electrons. The summed E-state index contributed by atoms with van der Waals surface area (Å²) in [7, 11) is 0. The Balaban J connectivity index is 1.11. The lowest BCUT2D eigenvalue weighted by Crippen LogP contribution is -2.56. The van der Waals surface area contributed by atoms with E-state index in [0.29, 0.717) is 0 Å². The zero-order chi connectivity index (χ0) is 27.3. The van der Waals surface area contributed by atoms with Gasteiger partial charge >= 0.3 is 0 Å². The number of hydrogen-bond acceptors (Lipinski definition) is 6. The Kier molecular flexibility index (Phi) is 5.59. The zero-order valence-corrected chi connectivity index (χ0v) is 21.6. The summed E-state index contributed by atoms with van der Waals surface area (Å²) in [6.07, 6.45) is 3.53. The van der Waals surface area contributed by atoms with Crippen LogP contribution in [0.15, 0.2) is 91.3 Å². The standard InChI is InChI=1S/C31H25F2N7/c1-19-14-23(10-12-34-19)36-22-6-8-28-29(15-22)39-30(38-28)20-2-4-21(5-3-20)37-27-11-13-35-26-9-7-24(16-25(26)27)40-17-31(32,33)18-40/h2-16H,17-18H2,1H3,(H,34,36)(H,35,37)(H,38,39). The maximum atomic E-state index is 13.4. The normalized spacial score (nSPS) is 14.3. The number of aromatic nitrogens is 4. The predicted octanol–water partition coefficient (Wildman–Crippen LogP) is 7.42. The van der Waals surface area contributed by atoms with E-state index in [2.05, 4.69) is 25.6 Å². The van der Waals surface area contributed by atoms with Crippen molar-refractivity contribution >= 4 is 50.4 Å². The summed E-state index contributed by atoms with van der Waals surface area (Å²) in [6.45, 7) is 1.45. The van der Waals surface area contributed by atoms with Gasteiger partial charge in [0.25, 0.3) is 5.92 Å². The summed E-state index contributed by atoms with van der Waals surface area (Å²) >= 11 is 0. The molecule has 1 aliphatic heterocycles. The first-order chi connectivity index (χ1) is 19.4. The molecule has 0 atom stereocenters. The molecule has 0 aliphatic carbocycles. The van der Waals surface area contributed by atoms with Crippen LogP contribution in [0.5, 0.6) is 0 Å². The maximum Gasteiger partial charge on any atom is 0.282 e. The Morgan fingerprint density at radius 2 is 1.52 bits per heavy atom. The smallest absolute Gasteiger partial charge is 0.282 e. The molecular weight excluding hydrogens is 508 g/mol. The van der Waals surface area contributed by atoms with Crippen LogP contribution in [-0.4, -0.2) is 38.9 Å². The quantitative estimate of drug-likeness (QED) is 0.207. The number of imidazole rings is 1. The summed E-state index contributed by atoms with van der Waals surface area (Å²) < 4.78 is 26.8. The van der Waals surface area contributed by atoms with Gasteiger partial charge in [0.2, 0.25) is 0 Å².